The van der Waals surface area contributed by atoms with Gasteiger partial charge in [-0.3, -0.25) is 14.0 Å². The van der Waals surface area contributed by atoms with Crippen LogP contribution in [0.25, 0.3) is 22.4 Å². The van der Waals surface area contributed by atoms with E-state index >= 15 is 0 Å². The molecule has 0 radical (unpaired) electrons. The predicted octanol–water partition coefficient (Wildman–Crippen LogP) is 3.04. The largest absolute Gasteiger partial charge is 0.352 e. The Morgan fingerprint density at radius 2 is 2.00 bits per heavy atom. The lowest BCUT2D eigenvalue weighted by Crippen LogP contribution is -2.25. The zero-order valence-corrected chi connectivity index (χ0v) is 17.6. The van der Waals surface area contributed by atoms with Crippen molar-refractivity contribution in [2.24, 2.45) is 0 Å². The van der Waals surface area contributed by atoms with Crippen molar-refractivity contribution < 1.29 is 4.79 Å². The van der Waals surface area contributed by atoms with Crippen LogP contribution >= 0.6 is 11.8 Å². The summed E-state index contributed by atoms with van der Waals surface area (Å²) in [5.74, 6) is 0.481. The number of carbonyl (C=O) groups excluding carboxylic acids is 1. The van der Waals surface area contributed by atoms with E-state index in [0.29, 0.717) is 28.4 Å². The topological polar surface area (TPSA) is 81.3 Å². The first-order chi connectivity index (χ1) is 14.5. The fourth-order valence-corrected chi connectivity index (χ4v) is 4.18. The standard InChI is InChI=1S/C22H21N5O2S/c1-4-11-23-19(28)13-30-22-25-24-21-26(17-10-9-14(2)12-15(17)3)20(29)16-7-5-6-8-18(16)27(21)22/h4-10,12H,1,11,13H2,2-3H3,(H,23,28). The molecule has 0 unspecified atom stereocenters. The van der Waals surface area contributed by atoms with Crippen molar-refractivity contribution in [1.82, 2.24) is 24.5 Å². The molecule has 152 valence electrons. The Hall–Kier alpha value is -3.39. The molecular formula is C22H21N5O2S. The molecule has 4 aromatic rings. The average Bonchev–Trinajstić information content (AvgIpc) is 3.16. The van der Waals surface area contributed by atoms with E-state index in [9.17, 15) is 9.59 Å². The van der Waals surface area contributed by atoms with Gasteiger partial charge in [-0.25, -0.2) is 4.57 Å². The first-order valence-corrected chi connectivity index (χ1v) is 10.5. The molecular weight excluding hydrogens is 398 g/mol. The molecule has 0 fully saturated rings. The number of hydrogen-bond donors (Lipinski definition) is 1. The lowest BCUT2D eigenvalue weighted by Gasteiger charge is -2.13. The highest BCUT2D eigenvalue weighted by atomic mass is 32.2. The van der Waals surface area contributed by atoms with Crippen molar-refractivity contribution in [3.8, 4) is 5.69 Å². The van der Waals surface area contributed by atoms with Crippen LogP contribution in [-0.2, 0) is 4.79 Å². The van der Waals surface area contributed by atoms with Gasteiger partial charge in [0.2, 0.25) is 11.7 Å². The Morgan fingerprint density at radius 1 is 1.20 bits per heavy atom. The molecule has 8 heteroatoms. The monoisotopic (exact) mass is 419 g/mol. The van der Waals surface area contributed by atoms with Gasteiger partial charge in [-0.2, -0.15) is 0 Å². The van der Waals surface area contributed by atoms with Crippen molar-refractivity contribution in [2.75, 3.05) is 12.3 Å². The average molecular weight is 420 g/mol. The summed E-state index contributed by atoms with van der Waals surface area (Å²) in [4.78, 5) is 25.4. The van der Waals surface area contributed by atoms with Crippen LogP contribution in [0.1, 0.15) is 11.1 Å². The highest BCUT2D eigenvalue weighted by Gasteiger charge is 2.19. The third-order valence-corrected chi connectivity index (χ3v) is 5.69. The van der Waals surface area contributed by atoms with Crippen LogP contribution in [0, 0.1) is 13.8 Å². The first-order valence-electron chi connectivity index (χ1n) is 9.48. The zero-order chi connectivity index (χ0) is 21.3. The van der Waals surface area contributed by atoms with E-state index in [1.807, 2.05) is 54.6 Å². The van der Waals surface area contributed by atoms with Crippen LogP contribution in [0.4, 0.5) is 0 Å². The van der Waals surface area contributed by atoms with E-state index in [1.54, 1.807) is 16.7 Å². The van der Waals surface area contributed by atoms with Gasteiger partial charge in [0, 0.05) is 6.54 Å². The van der Waals surface area contributed by atoms with Crippen LogP contribution in [-0.4, -0.2) is 37.4 Å². The molecule has 0 aliphatic carbocycles. The SMILES string of the molecule is C=CCNC(=O)CSc1nnc2n(-c3ccc(C)cc3C)c(=O)c3ccccc3n12. The summed E-state index contributed by atoms with van der Waals surface area (Å²) < 4.78 is 3.42. The molecule has 4 rings (SSSR count). The van der Waals surface area contributed by atoms with Crippen molar-refractivity contribution in [3.63, 3.8) is 0 Å². The number of para-hydroxylation sites is 1. The maximum atomic E-state index is 13.4. The summed E-state index contributed by atoms with van der Waals surface area (Å²) in [6.45, 7) is 7.99. The molecule has 0 saturated heterocycles. The number of thioether (sulfide) groups is 1. The van der Waals surface area contributed by atoms with Crippen LogP contribution < -0.4 is 10.9 Å². The molecule has 7 nitrogen and oxygen atoms in total. The molecule has 0 bridgehead atoms. The second-order valence-corrected chi connectivity index (χ2v) is 7.89. The number of aromatic nitrogens is 4. The van der Waals surface area contributed by atoms with Crippen LogP contribution in [0.15, 0.2) is 65.1 Å². The highest BCUT2D eigenvalue weighted by molar-refractivity contribution is 7.99. The molecule has 2 heterocycles. The Labute approximate surface area is 177 Å². The number of benzene rings is 2. The molecule has 1 amide bonds. The van der Waals surface area contributed by atoms with Gasteiger partial charge in [0.05, 0.1) is 22.3 Å². The summed E-state index contributed by atoms with van der Waals surface area (Å²) in [6, 6.07) is 13.3. The third kappa shape index (κ3) is 3.50. The number of aryl methyl sites for hydroxylation is 2. The van der Waals surface area contributed by atoms with Crippen molar-refractivity contribution in [3.05, 3.63) is 76.6 Å². The van der Waals surface area contributed by atoms with Crippen molar-refractivity contribution in [2.45, 2.75) is 19.0 Å². The van der Waals surface area contributed by atoms with Gasteiger partial charge in [0.15, 0.2) is 5.16 Å². The van der Waals surface area contributed by atoms with E-state index in [2.05, 4.69) is 22.1 Å². The number of nitrogens with one attached hydrogen (secondary N) is 1. The maximum absolute atomic E-state index is 13.4. The van der Waals surface area contributed by atoms with Gasteiger partial charge in [0.25, 0.3) is 5.56 Å². The normalized spacial score (nSPS) is 11.1. The Balaban J connectivity index is 1.92. The quantitative estimate of drug-likeness (QED) is 0.384. The fraction of sp³-hybridized carbons (Fsp3) is 0.182. The van der Waals surface area contributed by atoms with Gasteiger partial charge in [-0.05, 0) is 37.6 Å². The van der Waals surface area contributed by atoms with Gasteiger partial charge in [-0.1, -0.05) is 47.7 Å². The molecule has 30 heavy (non-hydrogen) atoms. The van der Waals surface area contributed by atoms with Crippen LogP contribution in [0.5, 0.6) is 0 Å². The van der Waals surface area contributed by atoms with Crippen LogP contribution in [0.2, 0.25) is 0 Å². The van der Waals surface area contributed by atoms with Gasteiger partial charge < -0.3 is 5.32 Å². The first kappa shape index (κ1) is 19.9. The second-order valence-electron chi connectivity index (χ2n) is 6.95. The Kier molecular flexibility index (Phi) is 5.41. The predicted molar refractivity (Wildman–Crippen MR) is 119 cm³/mol. The van der Waals surface area contributed by atoms with Gasteiger partial charge in [0.1, 0.15) is 0 Å². The molecule has 2 aromatic carbocycles. The van der Waals surface area contributed by atoms with E-state index < -0.39 is 0 Å². The van der Waals surface area contributed by atoms with E-state index in [-0.39, 0.29) is 17.2 Å². The molecule has 1 N–H and O–H groups in total. The summed E-state index contributed by atoms with van der Waals surface area (Å²) >= 11 is 1.27. The lowest BCUT2D eigenvalue weighted by molar-refractivity contribution is -0.118. The summed E-state index contributed by atoms with van der Waals surface area (Å²) in [5.41, 5.74) is 3.39. The molecule has 0 saturated carbocycles. The number of fused-ring (bicyclic) bond motifs is 3. The molecule has 0 aliphatic rings. The van der Waals surface area contributed by atoms with E-state index in [0.717, 1.165) is 16.8 Å². The van der Waals surface area contributed by atoms with E-state index in [1.165, 1.54) is 11.8 Å². The number of carbonyl (C=O) groups is 1. The van der Waals surface area contributed by atoms with Crippen LogP contribution in [0.3, 0.4) is 0 Å². The second kappa shape index (κ2) is 8.16. The fourth-order valence-electron chi connectivity index (χ4n) is 3.41. The lowest BCUT2D eigenvalue weighted by atomic mass is 10.1. The third-order valence-electron chi connectivity index (χ3n) is 4.76. The van der Waals surface area contributed by atoms with Crippen molar-refractivity contribution >= 4 is 34.3 Å². The molecule has 0 aliphatic heterocycles. The maximum Gasteiger partial charge on any atom is 0.267 e. The minimum absolute atomic E-state index is 0.122. The Bertz CT molecular complexity index is 1340. The minimum atomic E-state index is -0.155. The minimum Gasteiger partial charge on any atom is -0.352 e. The zero-order valence-electron chi connectivity index (χ0n) is 16.8. The van der Waals surface area contributed by atoms with Gasteiger partial charge in [-0.15, -0.1) is 16.8 Å². The number of hydrogen-bond acceptors (Lipinski definition) is 5. The summed E-state index contributed by atoms with van der Waals surface area (Å²) in [6.07, 6.45) is 1.63. The number of amides is 1. The van der Waals surface area contributed by atoms with E-state index in [4.69, 9.17) is 0 Å². The molecule has 2 aromatic heterocycles. The van der Waals surface area contributed by atoms with Crippen molar-refractivity contribution in [1.29, 1.82) is 0 Å². The molecule has 0 atom stereocenters. The summed E-state index contributed by atoms with van der Waals surface area (Å²) in [5, 5.41) is 12.5. The highest BCUT2D eigenvalue weighted by Crippen LogP contribution is 2.24. The molecule has 0 spiro atoms. The number of nitrogens with zero attached hydrogens (tertiary/aromatic N) is 4. The summed E-state index contributed by atoms with van der Waals surface area (Å²) in [7, 11) is 0. The smallest absolute Gasteiger partial charge is 0.267 e. The Morgan fingerprint density at radius 3 is 2.77 bits per heavy atom. The van der Waals surface area contributed by atoms with Gasteiger partial charge >= 0.3 is 0 Å². The number of rotatable bonds is 6.